The van der Waals surface area contributed by atoms with Gasteiger partial charge in [-0.25, -0.2) is 0 Å². The van der Waals surface area contributed by atoms with Crippen molar-refractivity contribution < 1.29 is 9.90 Å². The molecule has 0 bridgehead atoms. The Balaban J connectivity index is 1.95. The first-order valence-corrected chi connectivity index (χ1v) is 6.74. The number of amides is 1. The van der Waals surface area contributed by atoms with Crippen LogP contribution in [0, 0.1) is 5.92 Å². The Morgan fingerprint density at radius 3 is 2.82 bits per heavy atom. The van der Waals surface area contributed by atoms with Crippen molar-refractivity contribution in [3.05, 3.63) is 0 Å². The molecule has 3 unspecified atom stereocenters. The Hall–Kier alpha value is -0.610. The molecule has 2 N–H and O–H groups in total. The summed E-state index contributed by atoms with van der Waals surface area (Å²) in [6.45, 7) is 6.44. The summed E-state index contributed by atoms with van der Waals surface area (Å²) in [5, 5.41) is 13.3. The lowest BCUT2D eigenvalue weighted by Gasteiger charge is -2.26. The Kier molecular flexibility index (Phi) is 3.73. The summed E-state index contributed by atoms with van der Waals surface area (Å²) < 4.78 is 0. The molecular weight excluding hydrogens is 216 g/mol. The van der Waals surface area contributed by atoms with E-state index >= 15 is 0 Å². The number of nitrogens with zero attached hydrogens (tertiary/aromatic N) is 1. The minimum absolute atomic E-state index is 0.00181. The largest absolute Gasteiger partial charge is 0.390 e. The SMILES string of the molecule is CC1CCNC1C(=O)N1CCCC(C)(O)CC1. The molecule has 2 saturated heterocycles. The van der Waals surface area contributed by atoms with Crippen molar-refractivity contribution in [2.75, 3.05) is 19.6 Å². The number of nitrogens with one attached hydrogen (secondary N) is 1. The fraction of sp³-hybridized carbons (Fsp3) is 0.923. The van der Waals surface area contributed by atoms with E-state index in [1.54, 1.807) is 0 Å². The Morgan fingerprint density at radius 2 is 2.18 bits per heavy atom. The fourth-order valence-electron chi connectivity index (χ4n) is 2.85. The highest BCUT2D eigenvalue weighted by molar-refractivity contribution is 5.82. The highest BCUT2D eigenvalue weighted by Gasteiger charge is 2.34. The zero-order chi connectivity index (χ0) is 12.5. The van der Waals surface area contributed by atoms with Crippen LogP contribution in [0.3, 0.4) is 0 Å². The topological polar surface area (TPSA) is 52.6 Å². The van der Waals surface area contributed by atoms with Gasteiger partial charge in [-0.2, -0.15) is 0 Å². The summed E-state index contributed by atoms with van der Waals surface area (Å²) in [5.74, 6) is 0.666. The molecule has 0 aliphatic carbocycles. The molecule has 4 nitrogen and oxygen atoms in total. The molecule has 2 fully saturated rings. The third-order valence-corrected chi connectivity index (χ3v) is 4.17. The van der Waals surface area contributed by atoms with Gasteiger partial charge in [0.05, 0.1) is 11.6 Å². The average Bonchev–Trinajstić information content (AvgIpc) is 2.59. The van der Waals surface area contributed by atoms with Crippen LogP contribution in [0.4, 0.5) is 0 Å². The molecule has 2 heterocycles. The van der Waals surface area contributed by atoms with Gasteiger partial charge >= 0.3 is 0 Å². The third kappa shape index (κ3) is 2.99. The maximum absolute atomic E-state index is 12.4. The van der Waals surface area contributed by atoms with Gasteiger partial charge in [-0.15, -0.1) is 0 Å². The number of hydrogen-bond acceptors (Lipinski definition) is 3. The van der Waals surface area contributed by atoms with Crippen LogP contribution in [0.5, 0.6) is 0 Å². The van der Waals surface area contributed by atoms with Crippen LogP contribution >= 0.6 is 0 Å². The van der Waals surface area contributed by atoms with Crippen molar-refractivity contribution in [3.8, 4) is 0 Å². The molecule has 1 amide bonds. The van der Waals surface area contributed by atoms with Crippen molar-refractivity contribution in [3.63, 3.8) is 0 Å². The molecule has 3 atom stereocenters. The zero-order valence-electron chi connectivity index (χ0n) is 10.9. The van der Waals surface area contributed by atoms with E-state index in [9.17, 15) is 9.90 Å². The molecule has 0 spiro atoms. The first-order chi connectivity index (χ1) is 7.99. The molecule has 0 aromatic heterocycles. The summed E-state index contributed by atoms with van der Waals surface area (Å²) >= 11 is 0. The minimum atomic E-state index is -0.594. The van der Waals surface area contributed by atoms with E-state index in [0.717, 1.165) is 32.4 Å². The molecule has 2 aliphatic heterocycles. The Bertz CT molecular complexity index is 291. The van der Waals surface area contributed by atoms with Crippen LogP contribution in [0.2, 0.25) is 0 Å². The van der Waals surface area contributed by atoms with Gasteiger partial charge in [-0.05, 0) is 45.1 Å². The van der Waals surface area contributed by atoms with E-state index in [1.165, 1.54) is 0 Å². The van der Waals surface area contributed by atoms with Crippen LogP contribution in [-0.2, 0) is 4.79 Å². The monoisotopic (exact) mass is 240 g/mol. The molecule has 4 heteroatoms. The average molecular weight is 240 g/mol. The minimum Gasteiger partial charge on any atom is -0.390 e. The Morgan fingerprint density at radius 1 is 1.41 bits per heavy atom. The van der Waals surface area contributed by atoms with Gasteiger partial charge in [-0.1, -0.05) is 6.92 Å². The number of carbonyl (C=O) groups excluding carboxylic acids is 1. The van der Waals surface area contributed by atoms with Crippen molar-refractivity contribution in [2.45, 2.75) is 51.2 Å². The van der Waals surface area contributed by atoms with Crippen LogP contribution in [-0.4, -0.2) is 47.2 Å². The molecule has 0 aromatic rings. The van der Waals surface area contributed by atoms with Gasteiger partial charge in [0.1, 0.15) is 0 Å². The molecule has 17 heavy (non-hydrogen) atoms. The predicted octanol–water partition coefficient (Wildman–Crippen LogP) is 0.748. The van der Waals surface area contributed by atoms with Gasteiger partial charge in [0.25, 0.3) is 0 Å². The molecule has 0 aromatic carbocycles. The quantitative estimate of drug-likeness (QED) is 0.711. The molecule has 2 rings (SSSR count). The van der Waals surface area contributed by atoms with Crippen molar-refractivity contribution in [1.29, 1.82) is 0 Å². The number of rotatable bonds is 1. The maximum atomic E-state index is 12.4. The van der Waals surface area contributed by atoms with E-state index < -0.39 is 5.60 Å². The first kappa shape index (κ1) is 12.8. The number of aliphatic hydroxyl groups is 1. The second-order valence-corrected chi connectivity index (χ2v) is 5.87. The highest BCUT2D eigenvalue weighted by Crippen LogP contribution is 2.23. The van der Waals surface area contributed by atoms with E-state index in [2.05, 4.69) is 12.2 Å². The van der Waals surface area contributed by atoms with Gasteiger partial charge in [0, 0.05) is 13.1 Å². The lowest BCUT2D eigenvalue weighted by Crippen LogP contribution is -2.46. The number of likely N-dealkylation sites (tertiary alicyclic amines) is 1. The highest BCUT2D eigenvalue weighted by atomic mass is 16.3. The summed E-state index contributed by atoms with van der Waals surface area (Å²) in [6.07, 6.45) is 3.48. The third-order valence-electron chi connectivity index (χ3n) is 4.17. The number of carbonyl (C=O) groups is 1. The maximum Gasteiger partial charge on any atom is 0.239 e. The van der Waals surface area contributed by atoms with Gasteiger partial charge in [-0.3, -0.25) is 4.79 Å². The van der Waals surface area contributed by atoms with E-state index in [-0.39, 0.29) is 11.9 Å². The van der Waals surface area contributed by atoms with E-state index in [1.807, 2.05) is 11.8 Å². The fourth-order valence-corrected chi connectivity index (χ4v) is 2.85. The zero-order valence-corrected chi connectivity index (χ0v) is 10.9. The summed E-state index contributed by atoms with van der Waals surface area (Å²) in [7, 11) is 0. The lowest BCUT2D eigenvalue weighted by atomic mass is 9.98. The van der Waals surface area contributed by atoms with Crippen LogP contribution in [0.1, 0.15) is 39.5 Å². The van der Waals surface area contributed by atoms with Crippen LogP contribution < -0.4 is 5.32 Å². The smallest absolute Gasteiger partial charge is 0.239 e. The summed E-state index contributed by atoms with van der Waals surface area (Å²) in [6, 6.07) is -0.00181. The van der Waals surface area contributed by atoms with Gasteiger partial charge in [0.2, 0.25) is 5.91 Å². The number of hydrogen-bond donors (Lipinski definition) is 2. The second-order valence-electron chi connectivity index (χ2n) is 5.87. The predicted molar refractivity (Wildman–Crippen MR) is 66.6 cm³/mol. The Labute approximate surface area is 103 Å². The van der Waals surface area contributed by atoms with E-state index in [4.69, 9.17) is 0 Å². The van der Waals surface area contributed by atoms with Crippen LogP contribution in [0.25, 0.3) is 0 Å². The van der Waals surface area contributed by atoms with E-state index in [0.29, 0.717) is 18.9 Å². The van der Waals surface area contributed by atoms with Crippen LogP contribution in [0.15, 0.2) is 0 Å². The summed E-state index contributed by atoms with van der Waals surface area (Å²) in [4.78, 5) is 14.3. The first-order valence-electron chi connectivity index (χ1n) is 6.74. The molecule has 2 aliphatic rings. The van der Waals surface area contributed by atoms with Crippen molar-refractivity contribution >= 4 is 5.91 Å². The van der Waals surface area contributed by atoms with Crippen molar-refractivity contribution in [1.82, 2.24) is 10.2 Å². The second kappa shape index (κ2) is 4.94. The molecular formula is C13H24N2O2. The summed E-state index contributed by atoms with van der Waals surface area (Å²) in [5.41, 5.74) is -0.594. The van der Waals surface area contributed by atoms with Crippen molar-refractivity contribution in [2.24, 2.45) is 5.92 Å². The molecule has 98 valence electrons. The lowest BCUT2D eigenvalue weighted by molar-refractivity contribution is -0.134. The molecule has 0 radical (unpaired) electrons. The van der Waals surface area contributed by atoms with Gasteiger partial charge in [0.15, 0.2) is 0 Å². The normalized spacial score (nSPS) is 39.1. The molecule has 0 saturated carbocycles. The standard InChI is InChI=1S/C13H24N2O2/c1-10-4-7-14-11(10)12(16)15-8-3-5-13(2,17)6-9-15/h10-11,14,17H,3-9H2,1-2H3. The van der Waals surface area contributed by atoms with Gasteiger partial charge < -0.3 is 15.3 Å².